The summed E-state index contributed by atoms with van der Waals surface area (Å²) in [6.45, 7) is 1.81. The number of aryl methyl sites for hydroxylation is 1. The summed E-state index contributed by atoms with van der Waals surface area (Å²) in [5, 5.41) is 7.91. The smallest absolute Gasteiger partial charge is 0.240 e. The predicted octanol–water partition coefficient (Wildman–Crippen LogP) is 6.44. The van der Waals surface area contributed by atoms with Crippen LogP contribution in [0.1, 0.15) is 47.4 Å². The first-order valence-electron chi connectivity index (χ1n) is 10.4. The third-order valence-corrected chi connectivity index (χ3v) is 5.44. The summed E-state index contributed by atoms with van der Waals surface area (Å²) in [6.07, 6.45) is 7.20. The second kappa shape index (κ2) is 10.2. The van der Waals surface area contributed by atoms with E-state index in [-0.39, 0.29) is 17.3 Å². The quantitative estimate of drug-likeness (QED) is 0.162. The molecule has 0 radical (unpaired) electrons. The van der Waals surface area contributed by atoms with Crippen LogP contribution < -0.4 is 0 Å². The molecule has 0 amide bonds. The first kappa shape index (κ1) is 23.7. The van der Waals surface area contributed by atoms with Crippen molar-refractivity contribution in [1.82, 2.24) is 19.7 Å². The number of hydrogen-bond donors (Lipinski definition) is 0. The van der Waals surface area contributed by atoms with Crippen LogP contribution in [0.4, 0.5) is 17.6 Å². The number of alkyl halides is 1. The lowest BCUT2D eigenvalue weighted by atomic mass is 9.94. The highest BCUT2D eigenvalue weighted by molar-refractivity contribution is 6.17. The van der Waals surface area contributed by atoms with Crippen molar-refractivity contribution in [2.45, 2.75) is 25.7 Å². The Hall–Kier alpha value is -3.46. The summed E-state index contributed by atoms with van der Waals surface area (Å²) >= 11 is 5.77. The van der Waals surface area contributed by atoms with E-state index in [0.717, 1.165) is 17.8 Å². The summed E-state index contributed by atoms with van der Waals surface area (Å²) in [6, 6.07) is 6.50. The van der Waals surface area contributed by atoms with E-state index >= 15 is 0 Å². The van der Waals surface area contributed by atoms with Crippen molar-refractivity contribution < 1.29 is 22.0 Å². The van der Waals surface area contributed by atoms with Gasteiger partial charge in [0.2, 0.25) is 11.8 Å². The van der Waals surface area contributed by atoms with Crippen LogP contribution in [-0.2, 0) is 0 Å². The highest BCUT2D eigenvalue weighted by Gasteiger charge is 2.23. The molecule has 4 aromatic rings. The number of aromatic nitrogens is 4. The average Bonchev–Trinajstić information content (AvgIpc) is 3.45. The van der Waals surface area contributed by atoms with Crippen molar-refractivity contribution in [3.05, 3.63) is 94.7 Å². The second-order valence-electron chi connectivity index (χ2n) is 7.63. The fourth-order valence-corrected chi connectivity index (χ4v) is 3.66. The van der Waals surface area contributed by atoms with Crippen molar-refractivity contribution in [1.29, 1.82) is 0 Å². The molecule has 1 atom stereocenters. The number of hydrogen-bond acceptors (Lipinski definition) is 4. The fourth-order valence-electron chi connectivity index (χ4n) is 3.50. The van der Waals surface area contributed by atoms with Gasteiger partial charge in [-0.15, -0.1) is 21.8 Å². The predicted molar refractivity (Wildman–Crippen MR) is 120 cm³/mol. The molecule has 0 N–H and O–H groups in total. The lowest BCUT2D eigenvalue weighted by Crippen LogP contribution is -2.05. The van der Waals surface area contributed by atoms with Crippen molar-refractivity contribution in [2.75, 3.05) is 5.88 Å². The summed E-state index contributed by atoms with van der Waals surface area (Å²) in [5.41, 5.74) is 1.84. The minimum atomic E-state index is -1.55. The lowest BCUT2D eigenvalue weighted by Gasteiger charge is -2.13. The topological polar surface area (TPSA) is 56.7 Å². The largest absolute Gasteiger partial charge is 0.421 e. The number of imidazole rings is 1. The van der Waals surface area contributed by atoms with E-state index in [1.54, 1.807) is 29.0 Å². The van der Waals surface area contributed by atoms with Gasteiger partial charge in [0.1, 0.15) is 5.82 Å². The van der Waals surface area contributed by atoms with E-state index in [0.29, 0.717) is 30.0 Å². The Bertz CT molecular complexity index is 1310. The van der Waals surface area contributed by atoms with E-state index in [2.05, 4.69) is 15.2 Å². The Morgan fingerprint density at radius 2 is 1.79 bits per heavy atom. The Labute approximate surface area is 197 Å². The average molecular weight is 491 g/mol. The van der Waals surface area contributed by atoms with Gasteiger partial charge in [-0.1, -0.05) is 6.07 Å². The minimum absolute atomic E-state index is 0.104. The number of rotatable bonds is 8. The molecule has 1 unspecified atom stereocenters. The summed E-state index contributed by atoms with van der Waals surface area (Å²) < 4.78 is 62.7. The van der Waals surface area contributed by atoms with Crippen LogP contribution >= 0.6 is 11.6 Å². The Morgan fingerprint density at radius 3 is 2.44 bits per heavy atom. The van der Waals surface area contributed by atoms with Gasteiger partial charge < -0.3 is 8.98 Å². The highest BCUT2D eigenvalue weighted by atomic mass is 35.5. The van der Waals surface area contributed by atoms with Gasteiger partial charge in [-0.25, -0.2) is 22.5 Å². The van der Waals surface area contributed by atoms with E-state index in [1.165, 1.54) is 18.5 Å². The van der Waals surface area contributed by atoms with Gasteiger partial charge in [-0.3, -0.25) is 0 Å². The molecule has 4 rings (SSSR count). The maximum atomic E-state index is 14.5. The van der Waals surface area contributed by atoms with Gasteiger partial charge >= 0.3 is 0 Å². The molecule has 0 saturated heterocycles. The molecule has 0 spiro atoms. The van der Waals surface area contributed by atoms with Crippen LogP contribution in [0.25, 0.3) is 17.8 Å². The standard InChI is InChI=1S/C24H19ClF4N4O/c1-14-12-33(13-30-14)21-6-4-15(9-18(21)26)5-7-22-31-32-24(34-22)17(3-2-8-25)16-10-19(27)23(29)20(28)11-16/h4-7,9-13,17H,2-3,8H2,1H3. The molecule has 5 nitrogen and oxygen atoms in total. The van der Waals surface area contributed by atoms with Gasteiger partial charge in [0.05, 0.1) is 23.6 Å². The Balaban J connectivity index is 1.56. The molecular weight excluding hydrogens is 472 g/mol. The Kier molecular flexibility index (Phi) is 7.12. The van der Waals surface area contributed by atoms with E-state index < -0.39 is 29.2 Å². The first-order chi connectivity index (χ1) is 16.4. The van der Waals surface area contributed by atoms with Crippen LogP contribution in [0.5, 0.6) is 0 Å². The molecule has 176 valence electrons. The molecule has 0 aliphatic heterocycles. The highest BCUT2D eigenvalue weighted by Crippen LogP contribution is 2.31. The van der Waals surface area contributed by atoms with Crippen molar-refractivity contribution in [2.24, 2.45) is 0 Å². The molecule has 0 aliphatic carbocycles. The zero-order chi connectivity index (χ0) is 24.2. The molecule has 2 heterocycles. The lowest BCUT2D eigenvalue weighted by molar-refractivity contribution is 0.431. The molecule has 0 saturated carbocycles. The van der Waals surface area contributed by atoms with E-state index in [1.807, 2.05) is 6.92 Å². The van der Waals surface area contributed by atoms with Gasteiger partial charge in [-0.2, -0.15) is 0 Å². The molecule has 0 aliphatic rings. The van der Waals surface area contributed by atoms with Gasteiger partial charge in [0.15, 0.2) is 17.5 Å². The molecule has 2 aromatic heterocycles. The van der Waals surface area contributed by atoms with Gasteiger partial charge in [-0.05, 0) is 61.2 Å². The molecular formula is C24H19ClF4N4O. The fraction of sp³-hybridized carbons (Fsp3) is 0.208. The molecule has 0 fully saturated rings. The van der Waals surface area contributed by atoms with Crippen molar-refractivity contribution in [3.63, 3.8) is 0 Å². The zero-order valence-electron chi connectivity index (χ0n) is 18.0. The maximum absolute atomic E-state index is 14.5. The minimum Gasteiger partial charge on any atom is -0.421 e. The number of benzene rings is 2. The first-order valence-corrected chi connectivity index (χ1v) is 10.9. The number of halogens is 5. The molecule has 10 heteroatoms. The van der Waals surface area contributed by atoms with E-state index in [4.69, 9.17) is 16.0 Å². The van der Waals surface area contributed by atoms with E-state index in [9.17, 15) is 17.6 Å². The number of nitrogens with zero attached hydrogens (tertiary/aromatic N) is 4. The third-order valence-electron chi connectivity index (χ3n) is 5.17. The van der Waals surface area contributed by atoms with Crippen LogP contribution in [0.15, 0.2) is 47.3 Å². The molecule has 2 aromatic carbocycles. The maximum Gasteiger partial charge on any atom is 0.240 e. The van der Waals surface area contributed by atoms with Crippen LogP contribution in [-0.4, -0.2) is 25.6 Å². The van der Waals surface area contributed by atoms with Gasteiger partial charge in [0, 0.05) is 18.2 Å². The summed E-state index contributed by atoms with van der Waals surface area (Å²) in [7, 11) is 0. The normalized spacial score (nSPS) is 12.5. The summed E-state index contributed by atoms with van der Waals surface area (Å²) in [5.74, 6) is -4.74. The van der Waals surface area contributed by atoms with Crippen molar-refractivity contribution >= 4 is 23.8 Å². The Morgan fingerprint density at radius 1 is 1.03 bits per heavy atom. The van der Waals surface area contributed by atoms with Crippen LogP contribution in [0.3, 0.4) is 0 Å². The SMILES string of the molecule is Cc1cn(-c2ccc(C=Cc3nnc(C(CCCCl)c4cc(F)c(F)c(F)c4)o3)cc2F)cn1. The third kappa shape index (κ3) is 5.20. The monoisotopic (exact) mass is 490 g/mol. The second-order valence-corrected chi connectivity index (χ2v) is 8.01. The van der Waals surface area contributed by atoms with Crippen molar-refractivity contribution in [3.8, 4) is 5.69 Å². The molecule has 34 heavy (non-hydrogen) atoms. The molecule has 0 bridgehead atoms. The summed E-state index contributed by atoms with van der Waals surface area (Å²) in [4.78, 5) is 4.09. The van der Waals surface area contributed by atoms with Crippen LogP contribution in [0.2, 0.25) is 0 Å². The van der Waals surface area contributed by atoms with Gasteiger partial charge in [0.25, 0.3) is 0 Å². The zero-order valence-corrected chi connectivity index (χ0v) is 18.7. The van der Waals surface area contributed by atoms with Crippen LogP contribution in [0, 0.1) is 30.2 Å².